The van der Waals surface area contributed by atoms with Crippen LogP contribution >= 0.6 is 0 Å². The molecule has 1 rings (SSSR count). The molecule has 1 aromatic rings. The second kappa shape index (κ2) is 4.77. The van der Waals surface area contributed by atoms with E-state index in [2.05, 4.69) is 5.16 Å². The van der Waals surface area contributed by atoms with Gasteiger partial charge in [-0.25, -0.2) is 0 Å². The summed E-state index contributed by atoms with van der Waals surface area (Å²) in [5, 5.41) is 19.5. The van der Waals surface area contributed by atoms with Crippen LogP contribution in [-0.2, 0) is 0 Å². The van der Waals surface area contributed by atoms with Crippen LogP contribution in [0.1, 0.15) is 10.4 Å². The number of methoxy groups -OCH3 is 1. The van der Waals surface area contributed by atoms with E-state index in [1.54, 1.807) is 12.1 Å². The lowest BCUT2D eigenvalue weighted by atomic mass is 10.1. The predicted molar refractivity (Wildman–Crippen MR) is 52.2 cm³/mol. The van der Waals surface area contributed by atoms with Gasteiger partial charge in [0.2, 0.25) is 11.5 Å². The normalized spacial score (nSPS) is 10.5. The lowest BCUT2D eigenvalue weighted by Gasteiger charge is -2.00. The Morgan fingerprint density at radius 1 is 1.47 bits per heavy atom. The topological polar surface area (TPSA) is 82.7 Å². The fourth-order valence-electron chi connectivity index (χ4n) is 0.998. The highest BCUT2D eigenvalue weighted by molar-refractivity contribution is 6.51. The van der Waals surface area contributed by atoms with E-state index in [1.807, 2.05) is 0 Å². The van der Waals surface area contributed by atoms with E-state index in [1.165, 1.54) is 25.3 Å². The number of Topliss-reactive ketones (excluding diaryl/α,β-unsaturated/α-hetero) is 1. The second-order valence-electron chi connectivity index (χ2n) is 2.62. The Kier molecular flexibility index (Phi) is 3.41. The molecule has 0 radical (unpaired) electrons. The quantitative estimate of drug-likeness (QED) is 0.347. The van der Waals surface area contributed by atoms with E-state index in [9.17, 15) is 4.79 Å². The van der Waals surface area contributed by atoms with Crippen molar-refractivity contribution >= 4 is 11.5 Å². The number of ether oxygens (including phenoxy) is 1. The molecule has 0 aliphatic carbocycles. The maximum Gasteiger partial charge on any atom is 0.227 e. The lowest BCUT2D eigenvalue weighted by Crippen LogP contribution is -2.11. The van der Waals surface area contributed by atoms with Crippen molar-refractivity contribution in [2.75, 3.05) is 7.11 Å². The van der Waals surface area contributed by atoms with Crippen LogP contribution in [0.5, 0.6) is 5.75 Å². The highest BCUT2D eigenvalue weighted by atomic mass is 16.5. The summed E-state index contributed by atoms with van der Waals surface area (Å²) in [6, 6.07) is 7.64. The summed E-state index contributed by atoms with van der Waals surface area (Å²) in [6.07, 6.45) is 0. The summed E-state index contributed by atoms with van der Waals surface area (Å²) in [6.45, 7) is 0. The molecule has 15 heavy (non-hydrogen) atoms. The average molecular weight is 204 g/mol. The molecule has 0 bridgehead atoms. The minimum Gasteiger partial charge on any atom is -0.497 e. The first-order valence-corrected chi connectivity index (χ1v) is 4.04. The van der Waals surface area contributed by atoms with Gasteiger partial charge in [-0.1, -0.05) is 5.16 Å². The maximum absolute atomic E-state index is 11.5. The third kappa shape index (κ3) is 2.31. The fraction of sp³-hybridized carbons (Fsp3) is 0.100. The molecule has 0 saturated heterocycles. The van der Waals surface area contributed by atoms with E-state index in [4.69, 9.17) is 15.2 Å². The average Bonchev–Trinajstić information content (AvgIpc) is 2.30. The van der Waals surface area contributed by atoms with Gasteiger partial charge in [-0.2, -0.15) is 5.26 Å². The van der Waals surface area contributed by atoms with E-state index < -0.39 is 11.5 Å². The molecule has 0 atom stereocenters. The number of benzene rings is 1. The molecule has 0 spiro atoms. The summed E-state index contributed by atoms with van der Waals surface area (Å²) < 4.78 is 4.91. The monoisotopic (exact) mass is 204 g/mol. The molecule has 0 heterocycles. The van der Waals surface area contributed by atoms with Crippen molar-refractivity contribution in [1.82, 2.24) is 0 Å². The first-order chi connectivity index (χ1) is 7.22. The van der Waals surface area contributed by atoms with E-state index in [0.717, 1.165) is 0 Å². The Labute approximate surface area is 86.2 Å². The van der Waals surface area contributed by atoms with Crippen LogP contribution in [0.2, 0.25) is 0 Å². The van der Waals surface area contributed by atoms with Crippen molar-refractivity contribution in [1.29, 1.82) is 5.26 Å². The van der Waals surface area contributed by atoms with Crippen LogP contribution in [-0.4, -0.2) is 23.8 Å². The predicted octanol–water partition coefficient (Wildman–Crippen LogP) is 1.23. The Morgan fingerprint density at radius 3 is 2.47 bits per heavy atom. The molecule has 5 nitrogen and oxygen atoms in total. The van der Waals surface area contributed by atoms with Gasteiger partial charge in [-0.05, 0) is 24.3 Å². The highest BCUT2D eigenvalue weighted by Gasteiger charge is 2.13. The van der Waals surface area contributed by atoms with Gasteiger partial charge < -0.3 is 9.94 Å². The Hall–Kier alpha value is -2.35. The third-order valence-corrected chi connectivity index (χ3v) is 1.77. The second-order valence-corrected chi connectivity index (χ2v) is 2.62. The Bertz CT molecular complexity index is 429. The zero-order valence-corrected chi connectivity index (χ0v) is 7.97. The standard InChI is InChI=1S/C10H8N2O3/c1-15-8-4-2-7(3-5-8)10(13)9(6-11)12-14/h2-5,14H,1H3/b12-9-. The zero-order valence-electron chi connectivity index (χ0n) is 7.97. The van der Waals surface area contributed by atoms with Crippen molar-refractivity contribution in [3.05, 3.63) is 29.8 Å². The van der Waals surface area contributed by atoms with Gasteiger partial charge in [0, 0.05) is 5.56 Å². The van der Waals surface area contributed by atoms with Gasteiger partial charge in [-0.3, -0.25) is 4.79 Å². The van der Waals surface area contributed by atoms with Crippen LogP contribution in [0, 0.1) is 11.3 Å². The molecular weight excluding hydrogens is 196 g/mol. The van der Waals surface area contributed by atoms with Crippen molar-refractivity contribution < 1.29 is 14.7 Å². The van der Waals surface area contributed by atoms with Crippen LogP contribution in [0.4, 0.5) is 0 Å². The van der Waals surface area contributed by atoms with Crippen LogP contribution in [0.15, 0.2) is 29.4 Å². The SMILES string of the molecule is COc1ccc(C(=O)/C(C#N)=N\O)cc1. The van der Waals surface area contributed by atoms with Gasteiger partial charge >= 0.3 is 0 Å². The van der Waals surface area contributed by atoms with Crippen LogP contribution in [0.25, 0.3) is 0 Å². The van der Waals surface area contributed by atoms with E-state index in [0.29, 0.717) is 5.75 Å². The third-order valence-electron chi connectivity index (χ3n) is 1.77. The van der Waals surface area contributed by atoms with Gasteiger partial charge in [0.15, 0.2) is 0 Å². The van der Waals surface area contributed by atoms with E-state index >= 15 is 0 Å². The number of hydrogen-bond donors (Lipinski definition) is 1. The van der Waals surface area contributed by atoms with Gasteiger partial charge in [0.05, 0.1) is 7.11 Å². The van der Waals surface area contributed by atoms with Gasteiger partial charge in [0.1, 0.15) is 11.8 Å². The minimum absolute atomic E-state index is 0.269. The van der Waals surface area contributed by atoms with Crippen LogP contribution < -0.4 is 4.74 Å². The highest BCUT2D eigenvalue weighted by Crippen LogP contribution is 2.11. The molecule has 0 aliphatic rings. The van der Waals surface area contributed by atoms with E-state index in [-0.39, 0.29) is 5.56 Å². The molecule has 0 aromatic heterocycles. The zero-order chi connectivity index (χ0) is 11.3. The number of carbonyl (C=O) groups excluding carboxylic acids is 1. The maximum atomic E-state index is 11.5. The number of hydrogen-bond acceptors (Lipinski definition) is 5. The minimum atomic E-state index is -0.623. The van der Waals surface area contributed by atoms with Crippen molar-refractivity contribution in [3.8, 4) is 11.8 Å². The number of ketones is 1. The summed E-state index contributed by atoms with van der Waals surface area (Å²) in [5.74, 6) is -0.0198. The van der Waals surface area contributed by atoms with Crippen molar-refractivity contribution in [2.45, 2.75) is 0 Å². The van der Waals surface area contributed by atoms with Crippen molar-refractivity contribution in [3.63, 3.8) is 0 Å². The number of nitriles is 1. The number of nitrogens with zero attached hydrogens (tertiary/aromatic N) is 2. The first-order valence-electron chi connectivity index (χ1n) is 4.04. The largest absolute Gasteiger partial charge is 0.497 e. The van der Waals surface area contributed by atoms with Gasteiger partial charge in [-0.15, -0.1) is 0 Å². The first kappa shape index (κ1) is 10.7. The smallest absolute Gasteiger partial charge is 0.227 e. The Balaban J connectivity index is 2.98. The fourth-order valence-corrected chi connectivity index (χ4v) is 0.998. The molecule has 0 unspecified atom stereocenters. The summed E-state index contributed by atoms with van der Waals surface area (Å²) >= 11 is 0. The molecule has 1 N–H and O–H groups in total. The van der Waals surface area contributed by atoms with Gasteiger partial charge in [0.25, 0.3) is 0 Å². The molecule has 0 fully saturated rings. The molecule has 0 aliphatic heterocycles. The van der Waals surface area contributed by atoms with Crippen molar-refractivity contribution in [2.24, 2.45) is 5.16 Å². The summed E-state index contributed by atoms with van der Waals surface area (Å²) in [4.78, 5) is 11.5. The summed E-state index contributed by atoms with van der Waals surface area (Å²) in [7, 11) is 1.51. The molecule has 1 aromatic carbocycles. The summed E-state index contributed by atoms with van der Waals surface area (Å²) in [5.41, 5.74) is -0.273. The molecule has 0 amide bonds. The molecular formula is C10H8N2O3. The Morgan fingerprint density at radius 2 is 2.07 bits per heavy atom. The molecule has 0 saturated carbocycles. The number of rotatable bonds is 3. The number of oxime groups is 1. The number of carbonyl (C=O) groups is 1. The molecule has 76 valence electrons. The lowest BCUT2D eigenvalue weighted by molar-refractivity contribution is 0.106. The van der Waals surface area contributed by atoms with Crippen LogP contribution in [0.3, 0.4) is 0 Å². The molecule has 5 heteroatoms.